The molecule has 1 rings (SSSR count). The lowest BCUT2D eigenvalue weighted by Gasteiger charge is -2.35. The van der Waals surface area contributed by atoms with Crippen LogP contribution in [0.25, 0.3) is 0 Å². The average molecular weight is 461 g/mol. The van der Waals surface area contributed by atoms with Gasteiger partial charge in [0.05, 0.1) is 5.56 Å². The SMILES string of the molecule is CCCCCCCCC(CCCCCc1cccc(C(F)(F)F)c1)C(O)(OCC)OCC. The Hall–Kier alpha value is -1.11. The first-order valence-electron chi connectivity index (χ1n) is 12.4. The molecule has 1 unspecified atom stereocenters. The highest BCUT2D eigenvalue weighted by molar-refractivity contribution is 5.25. The summed E-state index contributed by atoms with van der Waals surface area (Å²) in [6.07, 6.45) is 7.61. The van der Waals surface area contributed by atoms with E-state index >= 15 is 0 Å². The fourth-order valence-corrected chi connectivity index (χ4v) is 4.17. The van der Waals surface area contributed by atoms with Crippen LogP contribution in [0.3, 0.4) is 0 Å². The molecule has 3 nitrogen and oxygen atoms in total. The van der Waals surface area contributed by atoms with Crippen LogP contribution in [0.2, 0.25) is 0 Å². The largest absolute Gasteiger partial charge is 0.416 e. The third kappa shape index (κ3) is 11.2. The summed E-state index contributed by atoms with van der Waals surface area (Å²) in [5, 5.41) is 11.0. The van der Waals surface area contributed by atoms with Gasteiger partial charge in [-0.1, -0.05) is 76.5 Å². The van der Waals surface area contributed by atoms with Crippen LogP contribution < -0.4 is 0 Å². The molecule has 0 spiro atoms. The van der Waals surface area contributed by atoms with E-state index < -0.39 is 17.7 Å². The fourth-order valence-electron chi connectivity index (χ4n) is 4.17. The van der Waals surface area contributed by atoms with E-state index in [9.17, 15) is 18.3 Å². The number of hydrogen-bond donors (Lipinski definition) is 1. The van der Waals surface area contributed by atoms with Crippen LogP contribution in [-0.2, 0) is 22.1 Å². The Morgan fingerprint density at radius 3 is 1.94 bits per heavy atom. The Balaban J connectivity index is 2.54. The predicted molar refractivity (Wildman–Crippen MR) is 123 cm³/mol. The van der Waals surface area contributed by atoms with Crippen molar-refractivity contribution in [2.75, 3.05) is 13.2 Å². The minimum absolute atomic E-state index is 0.109. The standard InChI is InChI=1S/C26H43F3O3/c1-4-7-8-9-10-13-18-23(26(30,31-5-2)32-6-3)19-14-11-12-16-22-17-15-20-24(21-22)25(27,28)29/h15,17,20-21,23,30H,4-14,16,18-19H2,1-3H3. The number of ether oxygens (including phenoxy) is 2. The van der Waals surface area contributed by atoms with Crippen molar-refractivity contribution in [2.24, 2.45) is 5.92 Å². The Morgan fingerprint density at radius 2 is 1.38 bits per heavy atom. The number of hydrogen-bond acceptors (Lipinski definition) is 3. The molecule has 0 saturated heterocycles. The number of unbranched alkanes of at least 4 members (excludes halogenated alkanes) is 7. The van der Waals surface area contributed by atoms with E-state index in [1.807, 2.05) is 13.8 Å². The monoisotopic (exact) mass is 460 g/mol. The summed E-state index contributed by atoms with van der Waals surface area (Å²) < 4.78 is 49.9. The molecule has 0 aliphatic carbocycles. The summed E-state index contributed by atoms with van der Waals surface area (Å²) in [4.78, 5) is 0. The third-order valence-electron chi connectivity index (χ3n) is 5.90. The van der Waals surface area contributed by atoms with E-state index in [0.717, 1.165) is 51.0 Å². The molecule has 0 aromatic heterocycles. The summed E-state index contributed by atoms with van der Waals surface area (Å²) >= 11 is 0. The second-order valence-corrected chi connectivity index (χ2v) is 8.55. The maximum Gasteiger partial charge on any atom is 0.416 e. The van der Waals surface area contributed by atoms with Gasteiger partial charge in [-0.3, -0.25) is 0 Å². The van der Waals surface area contributed by atoms with Gasteiger partial charge in [-0.2, -0.15) is 13.2 Å². The molecular formula is C26H43F3O3. The quantitative estimate of drug-likeness (QED) is 0.179. The molecule has 1 N–H and O–H groups in total. The molecule has 1 aromatic carbocycles. The van der Waals surface area contributed by atoms with Crippen molar-refractivity contribution in [3.63, 3.8) is 0 Å². The summed E-state index contributed by atoms with van der Waals surface area (Å²) in [6.45, 7) is 6.65. The Morgan fingerprint density at radius 1 is 0.812 bits per heavy atom. The molecule has 0 radical (unpaired) electrons. The molecule has 0 amide bonds. The normalized spacial score (nSPS) is 13.5. The van der Waals surface area contributed by atoms with Crippen molar-refractivity contribution in [2.45, 2.75) is 110 Å². The van der Waals surface area contributed by atoms with Gasteiger partial charge in [-0.25, -0.2) is 0 Å². The second-order valence-electron chi connectivity index (χ2n) is 8.55. The second kappa shape index (κ2) is 15.7. The summed E-state index contributed by atoms with van der Waals surface area (Å²) in [7, 11) is 0. The zero-order valence-corrected chi connectivity index (χ0v) is 20.2. The van der Waals surface area contributed by atoms with Gasteiger partial charge in [0.1, 0.15) is 0 Å². The van der Waals surface area contributed by atoms with E-state index in [0.29, 0.717) is 25.2 Å². The molecule has 1 aromatic rings. The third-order valence-corrected chi connectivity index (χ3v) is 5.90. The van der Waals surface area contributed by atoms with Gasteiger partial charge in [-0.15, -0.1) is 0 Å². The molecule has 0 saturated carbocycles. The van der Waals surface area contributed by atoms with Gasteiger partial charge in [0.2, 0.25) is 0 Å². The van der Waals surface area contributed by atoms with Gasteiger partial charge in [0, 0.05) is 19.1 Å². The minimum atomic E-state index is -4.30. The van der Waals surface area contributed by atoms with Gasteiger partial charge in [0.15, 0.2) is 0 Å². The topological polar surface area (TPSA) is 38.7 Å². The van der Waals surface area contributed by atoms with Crippen LogP contribution in [0, 0.1) is 5.92 Å². The Bertz CT molecular complexity index is 598. The first kappa shape index (κ1) is 28.9. The number of aryl methyl sites for hydroxylation is 1. The highest BCUT2D eigenvalue weighted by Gasteiger charge is 2.38. The van der Waals surface area contributed by atoms with E-state index in [2.05, 4.69) is 6.92 Å². The lowest BCUT2D eigenvalue weighted by molar-refractivity contribution is -0.385. The van der Waals surface area contributed by atoms with Crippen LogP contribution >= 0.6 is 0 Å². The maximum absolute atomic E-state index is 12.9. The van der Waals surface area contributed by atoms with Crippen molar-refractivity contribution in [1.82, 2.24) is 0 Å². The first-order chi connectivity index (χ1) is 15.3. The summed E-state index contributed by atoms with van der Waals surface area (Å²) in [5.74, 6) is -1.67. The number of benzene rings is 1. The molecule has 0 bridgehead atoms. The zero-order valence-electron chi connectivity index (χ0n) is 20.2. The number of halogens is 3. The lowest BCUT2D eigenvalue weighted by Crippen LogP contribution is -2.44. The van der Waals surface area contributed by atoms with E-state index in [1.54, 1.807) is 6.07 Å². The minimum Gasteiger partial charge on any atom is -0.343 e. The van der Waals surface area contributed by atoms with Crippen LogP contribution in [0.1, 0.15) is 103 Å². The van der Waals surface area contributed by atoms with Gasteiger partial charge < -0.3 is 14.6 Å². The highest BCUT2D eigenvalue weighted by Crippen LogP contribution is 2.32. The molecule has 0 heterocycles. The molecular weight excluding hydrogens is 417 g/mol. The molecule has 32 heavy (non-hydrogen) atoms. The van der Waals surface area contributed by atoms with Gasteiger partial charge in [0.25, 0.3) is 5.97 Å². The van der Waals surface area contributed by atoms with Crippen LogP contribution in [0.4, 0.5) is 13.2 Å². The molecule has 0 fully saturated rings. The Labute approximate surface area is 192 Å². The number of rotatable bonds is 18. The van der Waals surface area contributed by atoms with Crippen LogP contribution in [0.15, 0.2) is 24.3 Å². The summed E-state index contributed by atoms with van der Waals surface area (Å²) in [5.41, 5.74) is 0.121. The number of alkyl halides is 3. The van der Waals surface area contributed by atoms with E-state index in [4.69, 9.17) is 9.47 Å². The molecule has 0 aliphatic heterocycles. The molecule has 1 atom stereocenters. The zero-order chi connectivity index (χ0) is 23.9. The molecule has 6 heteroatoms. The first-order valence-corrected chi connectivity index (χ1v) is 12.4. The van der Waals surface area contributed by atoms with Gasteiger partial charge in [-0.05, 0) is 51.2 Å². The average Bonchev–Trinajstić information content (AvgIpc) is 2.74. The fraction of sp³-hybridized carbons (Fsp3) is 0.769. The van der Waals surface area contributed by atoms with Gasteiger partial charge >= 0.3 is 6.18 Å². The Kier molecular flexibility index (Phi) is 14.2. The van der Waals surface area contributed by atoms with Crippen molar-refractivity contribution >= 4 is 0 Å². The van der Waals surface area contributed by atoms with E-state index in [-0.39, 0.29) is 5.92 Å². The van der Waals surface area contributed by atoms with Crippen molar-refractivity contribution < 1.29 is 27.8 Å². The van der Waals surface area contributed by atoms with Crippen molar-refractivity contribution in [3.05, 3.63) is 35.4 Å². The predicted octanol–water partition coefficient (Wildman–Crippen LogP) is 7.89. The van der Waals surface area contributed by atoms with E-state index in [1.165, 1.54) is 37.8 Å². The number of aliphatic hydroxyl groups is 1. The van der Waals surface area contributed by atoms with Crippen molar-refractivity contribution in [1.29, 1.82) is 0 Å². The molecule has 186 valence electrons. The highest BCUT2D eigenvalue weighted by atomic mass is 19.4. The smallest absolute Gasteiger partial charge is 0.343 e. The maximum atomic E-state index is 12.9. The van der Waals surface area contributed by atoms with Crippen LogP contribution in [0.5, 0.6) is 0 Å². The molecule has 0 aliphatic rings. The van der Waals surface area contributed by atoms with Crippen molar-refractivity contribution in [3.8, 4) is 0 Å². The van der Waals surface area contributed by atoms with Crippen LogP contribution in [-0.4, -0.2) is 24.3 Å². The lowest BCUT2D eigenvalue weighted by atomic mass is 9.91. The summed E-state index contributed by atoms with van der Waals surface area (Å²) in [6, 6.07) is 5.57.